The second-order valence-electron chi connectivity index (χ2n) is 6.70. The summed E-state index contributed by atoms with van der Waals surface area (Å²) in [4.78, 5) is 7.05. The largest absolute Gasteiger partial charge is 0.354 e. The smallest absolute Gasteiger partial charge is 0.167 e. The van der Waals surface area contributed by atoms with Crippen molar-refractivity contribution in [2.24, 2.45) is 0 Å². The predicted octanol–water partition coefficient (Wildman–Crippen LogP) is 0.731. The van der Waals surface area contributed by atoms with Gasteiger partial charge in [-0.05, 0) is 25.6 Å². The van der Waals surface area contributed by atoms with Crippen LogP contribution in [0, 0.1) is 11.3 Å². The van der Waals surface area contributed by atoms with E-state index in [4.69, 9.17) is 0 Å². The second-order valence-corrected chi connectivity index (χ2v) is 6.70. The van der Waals surface area contributed by atoms with Crippen molar-refractivity contribution < 1.29 is 0 Å². The lowest BCUT2D eigenvalue weighted by atomic mass is 9.96. The lowest BCUT2D eigenvalue weighted by Crippen LogP contribution is -2.47. The number of piperazine rings is 1. The zero-order valence-corrected chi connectivity index (χ0v) is 14.4. The van der Waals surface area contributed by atoms with Gasteiger partial charge in [0.05, 0.1) is 5.56 Å². The lowest BCUT2D eigenvalue weighted by Gasteiger charge is -2.37. The van der Waals surface area contributed by atoms with Gasteiger partial charge in [-0.15, -0.1) is 10.2 Å². The molecular formula is C17H23N7. The van der Waals surface area contributed by atoms with Gasteiger partial charge in [-0.1, -0.05) is 6.92 Å². The number of rotatable bonds is 2. The van der Waals surface area contributed by atoms with E-state index in [2.05, 4.69) is 44.9 Å². The first-order valence-electron chi connectivity index (χ1n) is 8.66. The predicted molar refractivity (Wildman–Crippen MR) is 92.1 cm³/mol. The van der Waals surface area contributed by atoms with E-state index in [0.29, 0.717) is 0 Å². The molecule has 1 saturated heterocycles. The van der Waals surface area contributed by atoms with Gasteiger partial charge in [-0.2, -0.15) is 5.26 Å². The van der Waals surface area contributed by atoms with E-state index in [9.17, 15) is 5.26 Å². The average molecular weight is 325 g/mol. The quantitative estimate of drug-likeness (QED) is 0.811. The van der Waals surface area contributed by atoms with Gasteiger partial charge in [-0.3, -0.25) is 4.40 Å². The van der Waals surface area contributed by atoms with Crippen molar-refractivity contribution in [3.05, 3.63) is 23.0 Å². The molecule has 1 fully saturated rings. The van der Waals surface area contributed by atoms with E-state index in [1.807, 2.05) is 4.40 Å². The van der Waals surface area contributed by atoms with Crippen LogP contribution in [0.2, 0.25) is 0 Å². The molecule has 0 atom stereocenters. The van der Waals surface area contributed by atoms with Crippen LogP contribution in [0.4, 0.5) is 5.82 Å². The maximum absolute atomic E-state index is 9.91. The molecule has 0 saturated carbocycles. The highest BCUT2D eigenvalue weighted by Crippen LogP contribution is 2.32. The van der Waals surface area contributed by atoms with Crippen molar-refractivity contribution in [2.75, 3.05) is 51.2 Å². The topological polar surface area (TPSA) is 63.7 Å². The number of nitrogens with zero attached hydrogens (tertiary/aromatic N) is 7. The van der Waals surface area contributed by atoms with E-state index in [1.54, 1.807) is 6.33 Å². The van der Waals surface area contributed by atoms with Gasteiger partial charge in [0.2, 0.25) is 0 Å². The van der Waals surface area contributed by atoms with Crippen LogP contribution in [-0.4, -0.2) is 70.7 Å². The van der Waals surface area contributed by atoms with Gasteiger partial charge < -0.3 is 14.7 Å². The van der Waals surface area contributed by atoms with Gasteiger partial charge in [0.15, 0.2) is 5.65 Å². The Balaban J connectivity index is 1.85. The molecule has 0 aliphatic carbocycles. The Labute approximate surface area is 142 Å². The molecule has 0 unspecified atom stereocenters. The van der Waals surface area contributed by atoms with Crippen LogP contribution >= 0.6 is 0 Å². The molecule has 0 bridgehead atoms. The molecule has 2 aromatic rings. The number of hydrogen-bond acceptors (Lipinski definition) is 6. The monoisotopic (exact) mass is 325 g/mol. The maximum Gasteiger partial charge on any atom is 0.167 e. The number of pyridine rings is 1. The summed E-state index contributed by atoms with van der Waals surface area (Å²) in [5.41, 5.74) is 4.05. The van der Waals surface area contributed by atoms with E-state index in [-0.39, 0.29) is 0 Å². The Hall–Kier alpha value is -2.17. The first-order valence-corrected chi connectivity index (χ1v) is 8.66. The van der Waals surface area contributed by atoms with Crippen LogP contribution in [-0.2, 0) is 13.0 Å². The Morgan fingerprint density at radius 1 is 1.17 bits per heavy atom. The number of hydrogen-bond donors (Lipinski definition) is 0. The molecule has 4 heterocycles. The van der Waals surface area contributed by atoms with Crippen molar-refractivity contribution in [1.29, 1.82) is 5.26 Å². The summed E-state index contributed by atoms with van der Waals surface area (Å²) in [5.74, 6) is 0.983. The van der Waals surface area contributed by atoms with Crippen molar-refractivity contribution in [2.45, 2.75) is 19.9 Å². The fourth-order valence-corrected chi connectivity index (χ4v) is 3.93. The molecule has 0 aromatic carbocycles. The molecule has 24 heavy (non-hydrogen) atoms. The molecule has 0 N–H and O–H groups in total. The van der Waals surface area contributed by atoms with Gasteiger partial charge in [0.1, 0.15) is 18.2 Å². The fourth-order valence-electron chi connectivity index (χ4n) is 3.93. The van der Waals surface area contributed by atoms with Gasteiger partial charge in [-0.25, -0.2) is 0 Å². The summed E-state index contributed by atoms with van der Waals surface area (Å²) < 4.78 is 2.03. The van der Waals surface area contributed by atoms with Crippen LogP contribution < -0.4 is 4.90 Å². The van der Waals surface area contributed by atoms with Crippen LogP contribution in [0.25, 0.3) is 5.65 Å². The Morgan fingerprint density at radius 2 is 1.96 bits per heavy atom. The molecular weight excluding hydrogens is 302 g/mol. The summed E-state index contributed by atoms with van der Waals surface area (Å²) >= 11 is 0. The zero-order chi connectivity index (χ0) is 16.7. The highest BCUT2D eigenvalue weighted by molar-refractivity contribution is 5.69. The molecule has 7 heteroatoms. The van der Waals surface area contributed by atoms with Crippen molar-refractivity contribution >= 4 is 11.5 Å². The molecule has 0 amide bonds. The number of anilines is 1. The molecule has 0 radical (unpaired) electrons. The van der Waals surface area contributed by atoms with E-state index in [0.717, 1.165) is 74.8 Å². The molecule has 0 spiro atoms. The Morgan fingerprint density at radius 3 is 2.67 bits per heavy atom. The zero-order valence-electron chi connectivity index (χ0n) is 14.4. The van der Waals surface area contributed by atoms with Crippen molar-refractivity contribution in [3.63, 3.8) is 0 Å². The van der Waals surface area contributed by atoms with Gasteiger partial charge in [0, 0.05) is 44.8 Å². The molecule has 126 valence electrons. The molecule has 2 aliphatic heterocycles. The first-order chi connectivity index (χ1) is 11.7. The van der Waals surface area contributed by atoms with Crippen LogP contribution in [0.3, 0.4) is 0 Å². The van der Waals surface area contributed by atoms with Crippen molar-refractivity contribution in [1.82, 2.24) is 24.4 Å². The summed E-state index contributed by atoms with van der Waals surface area (Å²) in [5, 5.41) is 18.4. The standard InChI is InChI=1S/C17H23N7/c1-3-22-6-8-23(9-7-22)17-14(10-18)13-4-5-21(2)11-15(13)16-20-19-12-24(16)17/h12H,3-9,11H2,1-2H3. The highest BCUT2D eigenvalue weighted by Gasteiger charge is 2.28. The third kappa shape index (κ3) is 2.34. The van der Waals surface area contributed by atoms with Crippen LogP contribution in [0.5, 0.6) is 0 Å². The summed E-state index contributed by atoms with van der Waals surface area (Å²) in [7, 11) is 2.11. The molecule has 2 aliphatic rings. The number of nitriles is 1. The van der Waals surface area contributed by atoms with E-state index < -0.39 is 0 Å². The van der Waals surface area contributed by atoms with Gasteiger partial charge >= 0.3 is 0 Å². The second kappa shape index (κ2) is 6.04. The molecule has 4 rings (SSSR count). The number of aromatic nitrogens is 3. The third-order valence-electron chi connectivity index (χ3n) is 5.34. The average Bonchev–Trinajstić information content (AvgIpc) is 3.10. The van der Waals surface area contributed by atoms with Crippen LogP contribution in [0.15, 0.2) is 6.33 Å². The summed E-state index contributed by atoms with van der Waals surface area (Å²) in [6.45, 7) is 9.03. The SMILES string of the molecule is CCN1CCN(c2c(C#N)c3c(c4nncn24)CN(C)CC3)CC1. The van der Waals surface area contributed by atoms with Crippen LogP contribution in [0.1, 0.15) is 23.6 Å². The maximum atomic E-state index is 9.91. The number of fused-ring (bicyclic) bond motifs is 3. The van der Waals surface area contributed by atoms with Gasteiger partial charge in [0.25, 0.3) is 0 Å². The molecule has 7 nitrogen and oxygen atoms in total. The minimum atomic E-state index is 0.815. The van der Waals surface area contributed by atoms with Crippen molar-refractivity contribution in [3.8, 4) is 6.07 Å². The lowest BCUT2D eigenvalue weighted by molar-refractivity contribution is 0.270. The molecule has 2 aromatic heterocycles. The summed E-state index contributed by atoms with van der Waals surface area (Å²) in [6.07, 6.45) is 2.66. The minimum Gasteiger partial charge on any atom is -0.354 e. The third-order valence-corrected chi connectivity index (χ3v) is 5.34. The highest BCUT2D eigenvalue weighted by atomic mass is 15.3. The Bertz CT molecular complexity index is 795. The summed E-state index contributed by atoms with van der Waals surface area (Å²) in [6, 6.07) is 2.49. The van der Waals surface area contributed by atoms with E-state index >= 15 is 0 Å². The minimum absolute atomic E-state index is 0.815. The fraction of sp³-hybridized carbons (Fsp3) is 0.588. The normalized spacial score (nSPS) is 19.5. The number of likely N-dealkylation sites (N-methyl/N-ethyl adjacent to an activating group) is 2. The Kier molecular flexibility index (Phi) is 3.87. The van der Waals surface area contributed by atoms with E-state index in [1.165, 1.54) is 5.56 Å². The first kappa shape index (κ1) is 15.4.